The molecule has 6 heteroatoms. The number of carbonyl (C=O) groups excluding carboxylic acids is 2. The van der Waals surface area contributed by atoms with Gasteiger partial charge in [0.2, 0.25) is 5.91 Å². The van der Waals surface area contributed by atoms with Gasteiger partial charge in [-0.05, 0) is 13.5 Å². The molecule has 0 aromatic carbocycles. The Balaban J connectivity index is 2.51. The molecule has 0 bridgehead atoms. The fourth-order valence-electron chi connectivity index (χ4n) is 1.87. The monoisotopic (exact) mass is 244 g/mol. The molecule has 0 aromatic rings. The van der Waals surface area contributed by atoms with E-state index in [1.807, 2.05) is 11.9 Å². The SMILES string of the molecule is COC(=O)C(CN(C)C1CCOC1)NC(C)=O. The van der Waals surface area contributed by atoms with Gasteiger partial charge in [0.05, 0.1) is 13.7 Å². The Morgan fingerprint density at radius 2 is 2.29 bits per heavy atom. The van der Waals surface area contributed by atoms with E-state index in [-0.39, 0.29) is 5.91 Å². The van der Waals surface area contributed by atoms with Crippen molar-refractivity contribution in [1.29, 1.82) is 0 Å². The van der Waals surface area contributed by atoms with Gasteiger partial charge in [-0.3, -0.25) is 9.69 Å². The zero-order chi connectivity index (χ0) is 12.8. The number of hydrogen-bond acceptors (Lipinski definition) is 5. The van der Waals surface area contributed by atoms with E-state index in [1.54, 1.807) is 0 Å². The van der Waals surface area contributed by atoms with Crippen LogP contribution in [0.15, 0.2) is 0 Å². The highest BCUT2D eigenvalue weighted by Crippen LogP contribution is 2.11. The van der Waals surface area contributed by atoms with Crippen molar-refractivity contribution in [1.82, 2.24) is 10.2 Å². The fourth-order valence-corrected chi connectivity index (χ4v) is 1.87. The summed E-state index contributed by atoms with van der Waals surface area (Å²) >= 11 is 0. The second-order valence-electron chi connectivity index (χ2n) is 4.23. The smallest absolute Gasteiger partial charge is 0.329 e. The van der Waals surface area contributed by atoms with Gasteiger partial charge in [-0.1, -0.05) is 0 Å². The van der Waals surface area contributed by atoms with Crippen molar-refractivity contribution in [3.63, 3.8) is 0 Å². The number of methoxy groups -OCH3 is 1. The maximum Gasteiger partial charge on any atom is 0.329 e. The van der Waals surface area contributed by atoms with E-state index in [4.69, 9.17) is 4.74 Å². The van der Waals surface area contributed by atoms with Crippen LogP contribution in [0.2, 0.25) is 0 Å². The minimum absolute atomic E-state index is 0.239. The zero-order valence-electron chi connectivity index (χ0n) is 10.6. The van der Waals surface area contributed by atoms with Gasteiger partial charge < -0.3 is 14.8 Å². The van der Waals surface area contributed by atoms with Gasteiger partial charge in [0.25, 0.3) is 0 Å². The first-order valence-electron chi connectivity index (χ1n) is 5.67. The Kier molecular flexibility index (Phi) is 5.37. The molecular formula is C11H20N2O4. The highest BCUT2D eigenvalue weighted by Gasteiger charge is 2.27. The van der Waals surface area contributed by atoms with Crippen molar-refractivity contribution in [3.05, 3.63) is 0 Å². The van der Waals surface area contributed by atoms with E-state index in [0.717, 1.165) is 13.0 Å². The molecule has 0 saturated carbocycles. The summed E-state index contributed by atoms with van der Waals surface area (Å²) < 4.78 is 9.95. The third-order valence-corrected chi connectivity index (χ3v) is 2.86. The Bertz CT molecular complexity index is 277. The maximum atomic E-state index is 11.5. The molecule has 0 aromatic heterocycles. The summed E-state index contributed by atoms with van der Waals surface area (Å²) in [6.07, 6.45) is 0.949. The van der Waals surface area contributed by atoms with Crippen LogP contribution in [-0.2, 0) is 19.1 Å². The van der Waals surface area contributed by atoms with Gasteiger partial charge in [-0.2, -0.15) is 0 Å². The summed E-state index contributed by atoms with van der Waals surface area (Å²) in [5.41, 5.74) is 0. The summed E-state index contributed by atoms with van der Waals surface area (Å²) in [5, 5.41) is 2.59. The summed E-state index contributed by atoms with van der Waals surface area (Å²) in [5.74, 6) is -0.664. The van der Waals surface area contributed by atoms with Crippen LogP contribution >= 0.6 is 0 Å². The van der Waals surface area contributed by atoms with Crippen LogP contribution in [0, 0.1) is 0 Å². The maximum absolute atomic E-state index is 11.5. The number of nitrogens with zero attached hydrogens (tertiary/aromatic N) is 1. The number of hydrogen-bond donors (Lipinski definition) is 1. The highest BCUT2D eigenvalue weighted by atomic mass is 16.5. The molecule has 1 rings (SSSR count). The first kappa shape index (κ1) is 13.9. The van der Waals surface area contributed by atoms with E-state index in [2.05, 4.69) is 10.1 Å². The normalized spacial score (nSPS) is 21.3. The molecule has 2 atom stereocenters. The molecule has 2 unspecified atom stereocenters. The van der Waals surface area contributed by atoms with Crippen molar-refractivity contribution in [2.75, 3.05) is 33.9 Å². The van der Waals surface area contributed by atoms with Crippen LogP contribution in [0.4, 0.5) is 0 Å². The molecule has 98 valence electrons. The lowest BCUT2D eigenvalue weighted by Gasteiger charge is -2.26. The largest absolute Gasteiger partial charge is 0.467 e. The summed E-state index contributed by atoms with van der Waals surface area (Å²) in [6, 6.07) is -0.320. The van der Waals surface area contributed by atoms with Gasteiger partial charge in [0.1, 0.15) is 6.04 Å². The number of amides is 1. The molecule has 1 N–H and O–H groups in total. The molecular weight excluding hydrogens is 224 g/mol. The first-order valence-corrected chi connectivity index (χ1v) is 5.67. The lowest BCUT2D eigenvalue weighted by molar-refractivity contribution is -0.145. The fraction of sp³-hybridized carbons (Fsp3) is 0.818. The Morgan fingerprint density at radius 1 is 1.59 bits per heavy atom. The van der Waals surface area contributed by atoms with Crippen LogP contribution in [0.3, 0.4) is 0 Å². The topological polar surface area (TPSA) is 67.9 Å². The van der Waals surface area contributed by atoms with Crippen LogP contribution in [-0.4, -0.2) is 62.8 Å². The zero-order valence-corrected chi connectivity index (χ0v) is 10.6. The lowest BCUT2D eigenvalue weighted by atomic mass is 10.2. The summed E-state index contributed by atoms with van der Waals surface area (Å²) in [4.78, 5) is 24.5. The van der Waals surface area contributed by atoms with Crippen LogP contribution in [0.5, 0.6) is 0 Å². The quantitative estimate of drug-likeness (QED) is 0.653. The van der Waals surface area contributed by atoms with E-state index in [1.165, 1.54) is 14.0 Å². The predicted molar refractivity (Wildman–Crippen MR) is 61.5 cm³/mol. The van der Waals surface area contributed by atoms with Crippen molar-refractivity contribution in [3.8, 4) is 0 Å². The highest BCUT2D eigenvalue weighted by molar-refractivity contribution is 5.83. The van der Waals surface area contributed by atoms with Crippen molar-refractivity contribution >= 4 is 11.9 Å². The minimum Gasteiger partial charge on any atom is -0.467 e. The van der Waals surface area contributed by atoms with E-state index in [0.29, 0.717) is 19.2 Å². The van der Waals surface area contributed by atoms with E-state index in [9.17, 15) is 9.59 Å². The van der Waals surface area contributed by atoms with Crippen molar-refractivity contribution < 1.29 is 19.1 Å². The number of nitrogens with one attached hydrogen (secondary N) is 1. The second-order valence-corrected chi connectivity index (χ2v) is 4.23. The van der Waals surface area contributed by atoms with E-state index < -0.39 is 12.0 Å². The minimum atomic E-state index is -0.622. The number of ether oxygens (including phenoxy) is 2. The number of rotatable bonds is 5. The molecule has 0 aliphatic carbocycles. The first-order chi connectivity index (χ1) is 8.04. The standard InChI is InChI=1S/C11H20N2O4/c1-8(14)12-10(11(15)16-3)6-13(2)9-4-5-17-7-9/h9-10H,4-7H2,1-3H3,(H,12,14). The second kappa shape index (κ2) is 6.56. The van der Waals surface area contributed by atoms with Gasteiger partial charge >= 0.3 is 5.97 Å². The van der Waals surface area contributed by atoms with Crippen LogP contribution < -0.4 is 5.32 Å². The third kappa shape index (κ3) is 4.32. The molecule has 1 heterocycles. The van der Waals surface area contributed by atoms with Gasteiger partial charge in [0, 0.05) is 26.1 Å². The van der Waals surface area contributed by atoms with Crippen molar-refractivity contribution in [2.24, 2.45) is 0 Å². The summed E-state index contributed by atoms with van der Waals surface area (Å²) in [7, 11) is 3.23. The van der Waals surface area contributed by atoms with Gasteiger partial charge in [0.15, 0.2) is 0 Å². The molecule has 1 saturated heterocycles. The van der Waals surface area contributed by atoms with Gasteiger partial charge in [-0.15, -0.1) is 0 Å². The lowest BCUT2D eigenvalue weighted by Crippen LogP contribution is -2.49. The third-order valence-electron chi connectivity index (χ3n) is 2.86. The Morgan fingerprint density at radius 3 is 2.76 bits per heavy atom. The number of likely N-dealkylation sites (N-methyl/N-ethyl adjacent to an activating group) is 1. The molecule has 6 nitrogen and oxygen atoms in total. The Labute approximate surface area is 101 Å². The molecule has 1 fully saturated rings. The predicted octanol–water partition coefficient (Wildman–Crippen LogP) is -0.615. The average Bonchev–Trinajstić information content (AvgIpc) is 2.79. The van der Waals surface area contributed by atoms with Crippen molar-refractivity contribution in [2.45, 2.75) is 25.4 Å². The molecule has 1 aliphatic rings. The van der Waals surface area contributed by atoms with E-state index >= 15 is 0 Å². The molecule has 0 spiro atoms. The van der Waals surface area contributed by atoms with Crippen LogP contribution in [0.1, 0.15) is 13.3 Å². The van der Waals surface area contributed by atoms with Crippen LogP contribution in [0.25, 0.3) is 0 Å². The molecule has 0 radical (unpaired) electrons. The number of esters is 1. The average molecular weight is 244 g/mol. The summed E-state index contributed by atoms with van der Waals surface area (Å²) in [6.45, 7) is 3.23. The number of carbonyl (C=O) groups is 2. The van der Waals surface area contributed by atoms with Gasteiger partial charge in [-0.25, -0.2) is 4.79 Å². The molecule has 1 aliphatic heterocycles. The molecule has 17 heavy (non-hydrogen) atoms. The Hall–Kier alpha value is -1.14. The molecule has 1 amide bonds.